The third kappa shape index (κ3) is 5.84. The molecule has 7 heteroatoms. The van der Waals surface area contributed by atoms with Gasteiger partial charge in [0.1, 0.15) is 5.82 Å². The first-order chi connectivity index (χ1) is 17.2. The molecular weight excluding hydrogens is 460 g/mol. The number of ether oxygens (including phenoxy) is 1. The van der Waals surface area contributed by atoms with Gasteiger partial charge < -0.3 is 15.0 Å². The minimum Gasteiger partial charge on any atom is -0.378 e. The predicted octanol–water partition coefficient (Wildman–Crippen LogP) is 4.63. The molecule has 6 nitrogen and oxygen atoms in total. The van der Waals surface area contributed by atoms with Crippen LogP contribution >= 0.6 is 11.6 Å². The smallest absolute Gasteiger partial charge is 0.253 e. The Morgan fingerprint density at radius 2 is 1.74 bits per heavy atom. The molecule has 0 bridgehead atoms. The molecule has 0 unspecified atom stereocenters. The quantitative estimate of drug-likeness (QED) is 0.546. The SMILES string of the molecule is O=C(NC1CCN(Cc2ccc(N3CCOCC3)nc2)CC1)c1cccc(-c2ccccc2)c1Cl. The van der Waals surface area contributed by atoms with Gasteiger partial charge in [-0.3, -0.25) is 9.69 Å². The molecule has 0 aliphatic carbocycles. The van der Waals surface area contributed by atoms with Crippen LogP contribution in [0, 0.1) is 0 Å². The van der Waals surface area contributed by atoms with Crippen LogP contribution in [0.25, 0.3) is 11.1 Å². The number of anilines is 1. The van der Waals surface area contributed by atoms with Gasteiger partial charge in [-0.1, -0.05) is 60.1 Å². The maximum atomic E-state index is 13.0. The van der Waals surface area contributed by atoms with Crippen molar-refractivity contribution in [3.05, 3.63) is 83.0 Å². The Labute approximate surface area is 211 Å². The van der Waals surface area contributed by atoms with Gasteiger partial charge in [-0.15, -0.1) is 0 Å². The lowest BCUT2D eigenvalue weighted by molar-refractivity contribution is 0.0909. The van der Waals surface area contributed by atoms with Crippen LogP contribution in [0.2, 0.25) is 5.02 Å². The first kappa shape index (κ1) is 23.8. The van der Waals surface area contributed by atoms with Gasteiger partial charge in [-0.2, -0.15) is 0 Å². The lowest BCUT2D eigenvalue weighted by atomic mass is 10.0. The molecule has 3 aromatic rings. The monoisotopic (exact) mass is 490 g/mol. The Hall–Kier alpha value is -2.93. The molecule has 0 spiro atoms. The number of carbonyl (C=O) groups is 1. The largest absolute Gasteiger partial charge is 0.378 e. The Morgan fingerprint density at radius 1 is 0.971 bits per heavy atom. The topological polar surface area (TPSA) is 57.7 Å². The van der Waals surface area contributed by atoms with E-state index < -0.39 is 0 Å². The van der Waals surface area contributed by atoms with Crippen LogP contribution in [0.15, 0.2) is 66.9 Å². The van der Waals surface area contributed by atoms with Crippen molar-refractivity contribution in [3.8, 4) is 11.1 Å². The fourth-order valence-electron chi connectivity index (χ4n) is 4.79. The van der Waals surface area contributed by atoms with Crippen molar-refractivity contribution in [2.24, 2.45) is 0 Å². The van der Waals surface area contributed by atoms with Crippen molar-refractivity contribution in [1.29, 1.82) is 0 Å². The highest BCUT2D eigenvalue weighted by molar-refractivity contribution is 6.36. The number of hydrogen-bond acceptors (Lipinski definition) is 5. The summed E-state index contributed by atoms with van der Waals surface area (Å²) < 4.78 is 5.42. The van der Waals surface area contributed by atoms with Crippen LogP contribution in [0.3, 0.4) is 0 Å². The van der Waals surface area contributed by atoms with E-state index in [-0.39, 0.29) is 11.9 Å². The van der Waals surface area contributed by atoms with Gasteiger partial charge in [0.2, 0.25) is 0 Å². The molecule has 2 aromatic carbocycles. The summed E-state index contributed by atoms with van der Waals surface area (Å²) in [4.78, 5) is 22.4. The number of hydrogen-bond donors (Lipinski definition) is 1. The van der Waals surface area contributed by atoms with Gasteiger partial charge in [-0.05, 0) is 36.1 Å². The minimum absolute atomic E-state index is 0.103. The van der Waals surface area contributed by atoms with Gasteiger partial charge >= 0.3 is 0 Å². The lowest BCUT2D eigenvalue weighted by Crippen LogP contribution is -2.44. The first-order valence-electron chi connectivity index (χ1n) is 12.3. The molecule has 2 fully saturated rings. The van der Waals surface area contributed by atoms with Crippen molar-refractivity contribution in [1.82, 2.24) is 15.2 Å². The zero-order valence-electron chi connectivity index (χ0n) is 19.8. The Balaban J connectivity index is 1.13. The van der Waals surface area contributed by atoms with Gasteiger partial charge in [-0.25, -0.2) is 4.98 Å². The normalized spacial score (nSPS) is 17.3. The van der Waals surface area contributed by atoms with E-state index in [1.807, 2.05) is 48.7 Å². The molecule has 3 heterocycles. The maximum Gasteiger partial charge on any atom is 0.253 e. The van der Waals surface area contributed by atoms with Gasteiger partial charge in [0.05, 0.1) is 23.8 Å². The molecule has 182 valence electrons. The summed E-state index contributed by atoms with van der Waals surface area (Å²) in [7, 11) is 0. The number of carbonyl (C=O) groups excluding carboxylic acids is 1. The fourth-order valence-corrected chi connectivity index (χ4v) is 5.12. The molecule has 2 saturated heterocycles. The summed E-state index contributed by atoms with van der Waals surface area (Å²) in [6.45, 7) is 6.07. The van der Waals surface area contributed by atoms with Gasteiger partial charge in [0, 0.05) is 50.5 Å². The van der Waals surface area contributed by atoms with E-state index in [1.54, 1.807) is 6.07 Å². The lowest BCUT2D eigenvalue weighted by Gasteiger charge is -2.32. The highest BCUT2D eigenvalue weighted by atomic mass is 35.5. The van der Waals surface area contributed by atoms with E-state index >= 15 is 0 Å². The van der Waals surface area contributed by atoms with Crippen molar-refractivity contribution >= 4 is 23.3 Å². The second-order valence-corrected chi connectivity index (χ2v) is 9.56. The molecule has 0 saturated carbocycles. The molecule has 1 N–H and O–H groups in total. The highest BCUT2D eigenvalue weighted by Crippen LogP contribution is 2.30. The summed E-state index contributed by atoms with van der Waals surface area (Å²) in [5.41, 5.74) is 3.63. The third-order valence-electron chi connectivity index (χ3n) is 6.80. The molecule has 2 aliphatic heterocycles. The summed E-state index contributed by atoms with van der Waals surface area (Å²) in [6.07, 6.45) is 3.82. The molecule has 2 aliphatic rings. The van der Waals surface area contributed by atoms with E-state index in [9.17, 15) is 4.79 Å². The standard InChI is InChI=1S/C28H31ClN4O2/c29-27-24(22-5-2-1-3-6-22)7-4-8-25(27)28(34)31-23-11-13-32(14-12-23)20-21-9-10-26(30-19-21)33-15-17-35-18-16-33/h1-10,19,23H,11-18,20H2,(H,31,34). The average Bonchev–Trinajstić information content (AvgIpc) is 2.91. The van der Waals surface area contributed by atoms with Crippen molar-refractivity contribution in [2.45, 2.75) is 25.4 Å². The van der Waals surface area contributed by atoms with Crippen LogP contribution < -0.4 is 10.2 Å². The van der Waals surface area contributed by atoms with Crippen molar-refractivity contribution < 1.29 is 9.53 Å². The van der Waals surface area contributed by atoms with Crippen molar-refractivity contribution in [2.75, 3.05) is 44.3 Å². The summed E-state index contributed by atoms with van der Waals surface area (Å²) in [6, 6.07) is 20.0. The fraction of sp³-hybridized carbons (Fsp3) is 0.357. The average molecular weight is 491 g/mol. The van der Waals surface area contributed by atoms with Crippen molar-refractivity contribution in [3.63, 3.8) is 0 Å². The number of piperidine rings is 1. The van der Waals surface area contributed by atoms with E-state index in [2.05, 4.69) is 32.2 Å². The van der Waals surface area contributed by atoms with Crippen LogP contribution in [0.1, 0.15) is 28.8 Å². The van der Waals surface area contributed by atoms with E-state index in [0.29, 0.717) is 10.6 Å². The predicted molar refractivity (Wildman–Crippen MR) is 140 cm³/mol. The third-order valence-corrected chi connectivity index (χ3v) is 7.21. The number of halogens is 1. The molecule has 0 radical (unpaired) electrons. The van der Waals surface area contributed by atoms with Crippen LogP contribution in [0.5, 0.6) is 0 Å². The Bertz CT molecular complexity index is 1130. The number of morpholine rings is 1. The van der Waals surface area contributed by atoms with Crippen LogP contribution in [0.4, 0.5) is 5.82 Å². The Morgan fingerprint density at radius 3 is 2.46 bits per heavy atom. The van der Waals surface area contributed by atoms with E-state index in [1.165, 1.54) is 5.56 Å². The maximum absolute atomic E-state index is 13.0. The molecular formula is C28H31ClN4O2. The van der Waals surface area contributed by atoms with Gasteiger partial charge in [0.15, 0.2) is 0 Å². The summed E-state index contributed by atoms with van der Waals surface area (Å²) >= 11 is 6.65. The number of aromatic nitrogens is 1. The van der Waals surface area contributed by atoms with E-state index in [0.717, 1.165) is 75.7 Å². The van der Waals surface area contributed by atoms with E-state index in [4.69, 9.17) is 16.3 Å². The van der Waals surface area contributed by atoms with Gasteiger partial charge in [0.25, 0.3) is 5.91 Å². The molecule has 0 atom stereocenters. The summed E-state index contributed by atoms with van der Waals surface area (Å²) in [5.74, 6) is 0.919. The molecule has 1 amide bonds. The molecule has 5 rings (SSSR count). The highest BCUT2D eigenvalue weighted by Gasteiger charge is 2.23. The molecule has 35 heavy (non-hydrogen) atoms. The van der Waals surface area contributed by atoms with Crippen LogP contribution in [-0.4, -0.2) is 61.2 Å². The second-order valence-electron chi connectivity index (χ2n) is 9.18. The number of amides is 1. The zero-order chi connectivity index (χ0) is 24.0. The zero-order valence-corrected chi connectivity index (χ0v) is 20.6. The van der Waals surface area contributed by atoms with Crippen LogP contribution in [-0.2, 0) is 11.3 Å². The minimum atomic E-state index is -0.103. The first-order valence-corrected chi connectivity index (χ1v) is 12.7. The number of benzene rings is 2. The number of nitrogens with one attached hydrogen (secondary N) is 1. The summed E-state index contributed by atoms with van der Waals surface area (Å²) in [5, 5.41) is 3.71. The Kier molecular flexibility index (Phi) is 7.62. The molecule has 1 aromatic heterocycles. The number of pyridine rings is 1. The number of rotatable bonds is 6. The number of nitrogens with zero attached hydrogens (tertiary/aromatic N) is 3. The second kappa shape index (κ2) is 11.2. The number of likely N-dealkylation sites (tertiary alicyclic amines) is 1.